The molecule has 1 rings (SSSR count). The number of nitrogens with one attached hydrogen (secondary N) is 1. The van der Waals surface area contributed by atoms with E-state index in [4.69, 9.17) is 10.5 Å². The van der Waals surface area contributed by atoms with Gasteiger partial charge in [-0.05, 0) is 47.5 Å². The first-order chi connectivity index (χ1) is 11.8. The van der Waals surface area contributed by atoms with Crippen LogP contribution in [-0.2, 0) is 19.1 Å². The van der Waals surface area contributed by atoms with Crippen LogP contribution in [0.1, 0.15) is 47.5 Å². The molecule has 1 fully saturated rings. The van der Waals surface area contributed by atoms with Gasteiger partial charge in [-0.2, -0.15) is 0 Å². The molecule has 0 radical (unpaired) electrons. The lowest BCUT2D eigenvalue weighted by Crippen LogP contribution is -2.55. The smallest absolute Gasteiger partial charge is 0.410 e. The second kappa shape index (κ2) is 8.37. The van der Waals surface area contributed by atoms with E-state index in [0.29, 0.717) is 19.4 Å². The first kappa shape index (κ1) is 21.7. The van der Waals surface area contributed by atoms with E-state index in [9.17, 15) is 19.2 Å². The molecule has 1 heterocycles. The van der Waals surface area contributed by atoms with Crippen molar-refractivity contribution < 1.29 is 23.9 Å². The Labute approximate surface area is 154 Å². The number of hydrogen-bond donors (Lipinski definition) is 2. The average Bonchev–Trinajstić information content (AvgIpc) is 3.00. The zero-order valence-corrected chi connectivity index (χ0v) is 16.4. The van der Waals surface area contributed by atoms with Crippen LogP contribution in [0.5, 0.6) is 0 Å². The summed E-state index contributed by atoms with van der Waals surface area (Å²) in [5.41, 5.74) is 4.54. The molecule has 0 aromatic rings. The Morgan fingerprint density at radius 2 is 1.81 bits per heavy atom. The summed E-state index contributed by atoms with van der Waals surface area (Å²) in [5, 5.41) is 2.61. The molecule has 3 N–H and O–H groups in total. The lowest BCUT2D eigenvalue weighted by atomic mass is 10.1. The van der Waals surface area contributed by atoms with Gasteiger partial charge < -0.3 is 20.7 Å². The molecule has 148 valence electrons. The quantitative estimate of drug-likeness (QED) is 0.717. The van der Waals surface area contributed by atoms with Crippen molar-refractivity contribution in [2.24, 2.45) is 5.73 Å². The minimum absolute atomic E-state index is 0.422. The number of carbonyl (C=O) groups is 4. The van der Waals surface area contributed by atoms with Crippen LogP contribution in [-0.4, -0.2) is 70.9 Å². The van der Waals surface area contributed by atoms with Crippen LogP contribution in [0.2, 0.25) is 0 Å². The number of primary amides is 1. The monoisotopic (exact) mass is 370 g/mol. The van der Waals surface area contributed by atoms with E-state index >= 15 is 0 Å². The maximum atomic E-state index is 12.5. The van der Waals surface area contributed by atoms with E-state index in [-0.39, 0.29) is 0 Å². The Kier molecular flexibility index (Phi) is 7.00. The normalized spacial score (nSPS) is 19.5. The van der Waals surface area contributed by atoms with Gasteiger partial charge in [-0.25, -0.2) is 4.79 Å². The fourth-order valence-electron chi connectivity index (χ4n) is 2.64. The van der Waals surface area contributed by atoms with Crippen molar-refractivity contribution in [2.75, 3.05) is 13.6 Å². The molecule has 0 aromatic heterocycles. The molecule has 26 heavy (non-hydrogen) atoms. The van der Waals surface area contributed by atoms with Crippen molar-refractivity contribution in [3.63, 3.8) is 0 Å². The van der Waals surface area contributed by atoms with Crippen molar-refractivity contribution in [1.29, 1.82) is 0 Å². The zero-order chi connectivity index (χ0) is 20.2. The van der Waals surface area contributed by atoms with Crippen LogP contribution >= 0.6 is 0 Å². The summed E-state index contributed by atoms with van der Waals surface area (Å²) in [6.07, 6.45) is 0.631. The van der Waals surface area contributed by atoms with Crippen LogP contribution in [0.15, 0.2) is 0 Å². The summed E-state index contributed by atoms with van der Waals surface area (Å²) >= 11 is 0. The molecule has 0 spiro atoms. The van der Waals surface area contributed by atoms with Crippen molar-refractivity contribution in [2.45, 2.75) is 71.2 Å². The number of likely N-dealkylation sites (N-methyl/N-ethyl adjacent to an activating group) is 1. The SMILES string of the molecule is C[C@@H](NC(=O)[C@@H]1CCCN1C(=O)OC(C)(C)C)C(=O)N(C)[C@@H](C)C(N)=O. The van der Waals surface area contributed by atoms with Gasteiger partial charge in [0.2, 0.25) is 17.7 Å². The number of nitrogens with zero attached hydrogens (tertiary/aromatic N) is 2. The van der Waals surface area contributed by atoms with E-state index in [0.717, 1.165) is 0 Å². The van der Waals surface area contributed by atoms with Gasteiger partial charge in [0.25, 0.3) is 0 Å². The first-order valence-corrected chi connectivity index (χ1v) is 8.71. The number of likely N-dealkylation sites (tertiary alicyclic amines) is 1. The summed E-state index contributed by atoms with van der Waals surface area (Å²) in [4.78, 5) is 50.9. The minimum Gasteiger partial charge on any atom is -0.444 e. The van der Waals surface area contributed by atoms with Crippen LogP contribution in [0, 0.1) is 0 Å². The van der Waals surface area contributed by atoms with Gasteiger partial charge in [0.1, 0.15) is 23.7 Å². The van der Waals surface area contributed by atoms with Crippen molar-refractivity contribution in [3.8, 4) is 0 Å². The summed E-state index contributed by atoms with van der Waals surface area (Å²) in [6.45, 7) is 8.73. The number of nitrogens with two attached hydrogens (primary N) is 1. The molecule has 3 atom stereocenters. The fourth-order valence-corrected chi connectivity index (χ4v) is 2.64. The lowest BCUT2D eigenvalue weighted by Gasteiger charge is -2.30. The number of carbonyl (C=O) groups excluding carboxylic acids is 4. The van der Waals surface area contributed by atoms with Crippen molar-refractivity contribution >= 4 is 23.8 Å². The molecule has 1 aliphatic heterocycles. The number of hydrogen-bond acceptors (Lipinski definition) is 5. The Hall–Kier alpha value is -2.32. The second-order valence-corrected chi connectivity index (χ2v) is 7.59. The summed E-state index contributed by atoms with van der Waals surface area (Å²) < 4.78 is 5.33. The first-order valence-electron chi connectivity index (χ1n) is 8.71. The highest BCUT2D eigenvalue weighted by atomic mass is 16.6. The predicted molar refractivity (Wildman–Crippen MR) is 95.0 cm³/mol. The molecule has 9 nitrogen and oxygen atoms in total. The molecule has 0 aromatic carbocycles. The topological polar surface area (TPSA) is 122 Å². The molecule has 1 aliphatic rings. The maximum absolute atomic E-state index is 12.5. The van der Waals surface area contributed by atoms with Gasteiger partial charge in [-0.3, -0.25) is 19.3 Å². The number of rotatable bonds is 5. The van der Waals surface area contributed by atoms with E-state index < -0.39 is 47.5 Å². The fraction of sp³-hybridized carbons (Fsp3) is 0.765. The standard InChI is InChI=1S/C17H30N4O5/c1-10(15(24)20(6)11(2)13(18)22)19-14(23)12-8-7-9-21(12)16(25)26-17(3,4)5/h10-12H,7-9H2,1-6H3,(H2,18,22)(H,19,23)/t10-,11+,12+/m1/s1. The highest BCUT2D eigenvalue weighted by molar-refractivity contribution is 5.93. The average molecular weight is 370 g/mol. The number of amides is 4. The largest absolute Gasteiger partial charge is 0.444 e. The third-order valence-corrected chi connectivity index (χ3v) is 4.25. The minimum atomic E-state index is -0.851. The highest BCUT2D eigenvalue weighted by Gasteiger charge is 2.37. The molecule has 0 unspecified atom stereocenters. The predicted octanol–water partition coefficient (Wildman–Crippen LogP) is 0.223. The second-order valence-electron chi connectivity index (χ2n) is 7.59. The van der Waals surface area contributed by atoms with Gasteiger partial charge in [-0.15, -0.1) is 0 Å². The molecule has 0 bridgehead atoms. The maximum Gasteiger partial charge on any atom is 0.410 e. The van der Waals surface area contributed by atoms with E-state index in [1.54, 1.807) is 20.8 Å². The third kappa shape index (κ3) is 5.60. The Bertz CT molecular complexity index is 572. The number of ether oxygens (including phenoxy) is 1. The van der Waals surface area contributed by atoms with Crippen LogP contribution in [0.25, 0.3) is 0 Å². The third-order valence-electron chi connectivity index (χ3n) is 4.25. The van der Waals surface area contributed by atoms with E-state index in [1.807, 2.05) is 0 Å². The Morgan fingerprint density at radius 1 is 1.23 bits per heavy atom. The van der Waals surface area contributed by atoms with Gasteiger partial charge in [0, 0.05) is 13.6 Å². The molecular formula is C17H30N4O5. The summed E-state index contributed by atoms with van der Waals surface area (Å²) in [5.74, 6) is -1.49. The van der Waals surface area contributed by atoms with Crippen LogP contribution < -0.4 is 11.1 Å². The summed E-state index contributed by atoms with van der Waals surface area (Å²) in [6, 6.07) is -2.32. The lowest BCUT2D eigenvalue weighted by molar-refractivity contribution is -0.140. The van der Waals surface area contributed by atoms with Crippen molar-refractivity contribution in [1.82, 2.24) is 15.1 Å². The van der Waals surface area contributed by atoms with Gasteiger partial charge >= 0.3 is 6.09 Å². The Balaban J connectivity index is 2.72. The van der Waals surface area contributed by atoms with Crippen LogP contribution in [0.3, 0.4) is 0 Å². The summed E-state index contributed by atoms with van der Waals surface area (Å²) in [7, 11) is 1.45. The molecule has 1 saturated heterocycles. The molecule has 4 amide bonds. The van der Waals surface area contributed by atoms with Gasteiger partial charge in [0.15, 0.2) is 0 Å². The zero-order valence-electron chi connectivity index (χ0n) is 16.4. The van der Waals surface area contributed by atoms with E-state index in [1.165, 1.54) is 30.7 Å². The van der Waals surface area contributed by atoms with Gasteiger partial charge in [-0.1, -0.05) is 0 Å². The van der Waals surface area contributed by atoms with Gasteiger partial charge in [0.05, 0.1) is 0 Å². The molecular weight excluding hydrogens is 340 g/mol. The highest BCUT2D eigenvalue weighted by Crippen LogP contribution is 2.21. The van der Waals surface area contributed by atoms with Crippen molar-refractivity contribution in [3.05, 3.63) is 0 Å². The van der Waals surface area contributed by atoms with E-state index in [2.05, 4.69) is 5.32 Å². The molecule has 0 saturated carbocycles. The Morgan fingerprint density at radius 3 is 2.31 bits per heavy atom. The molecule has 9 heteroatoms. The molecule has 0 aliphatic carbocycles. The van der Waals surface area contributed by atoms with Crippen LogP contribution in [0.4, 0.5) is 4.79 Å².